The van der Waals surface area contributed by atoms with Gasteiger partial charge in [0, 0.05) is 30.1 Å². The highest BCUT2D eigenvalue weighted by molar-refractivity contribution is 7.91. The molecule has 1 atom stereocenters. The molecular weight excluding hydrogens is 302 g/mol. The van der Waals surface area contributed by atoms with Crippen molar-refractivity contribution in [3.63, 3.8) is 0 Å². The Labute approximate surface area is 130 Å². The van der Waals surface area contributed by atoms with E-state index in [1.807, 2.05) is 25.1 Å². The molecule has 0 aliphatic carbocycles. The predicted octanol–water partition coefficient (Wildman–Crippen LogP) is 1.75. The van der Waals surface area contributed by atoms with E-state index in [-0.39, 0.29) is 17.5 Å². The second-order valence-corrected chi connectivity index (χ2v) is 7.77. The highest BCUT2D eigenvalue weighted by Gasteiger charge is 2.32. The molecule has 118 valence electrons. The molecule has 0 radical (unpaired) electrons. The van der Waals surface area contributed by atoms with Crippen molar-refractivity contribution in [3.8, 4) is 11.3 Å². The maximum absolute atomic E-state index is 11.6. The largest absolute Gasteiger partial charge is 0.359 e. The summed E-state index contributed by atoms with van der Waals surface area (Å²) in [4.78, 5) is 6.20. The standard InChI is InChI=1S/C15H19N3O3S/c1-2-18(13-5-7-22(19,20)11-13)10-14-8-15(17-21-14)12-4-3-6-16-9-12/h3-4,6,8-9,13H,2,5,7,10-11H2,1H3/t13-/m1/s1. The molecule has 0 unspecified atom stereocenters. The average molecular weight is 321 g/mol. The van der Waals surface area contributed by atoms with Crippen LogP contribution in [0, 0.1) is 0 Å². The molecule has 22 heavy (non-hydrogen) atoms. The fourth-order valence-corrected chi connectivity index (χ4v) is 4.56. The third kappa shape index (κ3) is 3.36. The third-order valence-corrected chi connectivity index (χ3v) is 5.76. The molecule has 1 saturated heterocycles. The molecule has 3 heterocycles. The normalized spacial score (nSPS) is 20.5. The molecule has 0 bridgehead atoms. The van der Waals surface area contributed by atoms with Crippen LogP contribution in [0.4, 0.5) is 0 Å². The third-order valence-electron chi connectivity index (χ3n) is 4.01. The van der Waals surface area contributed by atoms with Gasteiger partial charge in [0.15, 0.2) is 15.6 Å². The van der Waals surface area contributed by atoms with Gasteiger partial charge in [-0.05, 0) is 25.1 Å². The van der Waals surface area contributed by atoms with Crippen molar-refractivity contribution in [1.82, 2.24) is 15.0 Å². The zero-order valence-electron chi connectivity index (χ0n) is 12.5. The molecule has 3 rings (SSSR count). The lowest BCUT2D eigenvalue weighted by atomic mass is 10.2. The topological polar surface area (TPSA) is 76.3 Å². The fraction of sp³-hybridized carbons (Fsp3) is 0.467. The van der Waals surface area contributed by atoms with E-state index >= 15 is 0 Å². The number of rotatable bonds is 5. The van der Waals surface area contributed by atoms with E-state index in [2.05, 4.69) is 15.0 Å². The Bertz CT molecular complexity index is 728. The van der Waals surface area contributed by atoms with Crippen molar-refractivity contribution in [3.05, 3.63) is 36.4 Å². The van der Waals surface area contributed by atoms with Crippen molar-refractivity contribution in [2.24, 2.45) is 0 Å². The van der Waals surface area contributed by atoms with Crippen LogP contribution < -0.4 is 0 Å². The first-order valence-electron chi connectivity index (χ1n) is 7.38. The number of pyridine rings is 1. The van der Waals surface area contributed by atoms with Crippen LogP contribution in [0.1, 0.15) is 19.1 Å². The van der Waals surface area contributed by atoms with Gasteiger partial charge in [-0.1, -0.05) is 12.1 Å². The van der Waals surface area contributed by atoms with Gasteiger partial charge in [-0.15, -0.1) is 0 Å². The quantitative estimate of drug-likeness (QED) is 0.835. The number of aromatic nitrogens is 2. The van der Waals surface area contributed by atoms with Gasteiger partial charge in [0.2, 0.25) is 0 Å². The van der Waals surface area contributed by atoms with Crippen LogP contribution in [-0.4, -0.2) is 47.6 Å². The van der Waals surface area contributed by atoms with Crippen LogP contribution in [-0.2, 0) is 16.4 Å². The van der Waals surface area contributed by atoms with Crippen molar-refractivity contribution in [2.45, 2.75) is 25.9 Å². The lowest BCUT2D eigenvalue weighted by Gasteiger charge is -2.24. The maximum Gasteiger partial charge on any atom is 0.151 e. The number of hydrogen-bond acceptors (Lipinski definition) is 6. The van der Waals surface area contributed by atoms with Gasteiger partial charge in [0.25, 0.3) is 0 Å². The van der Waals surface area contributed by atoms with Crippen LogP contribution in [0.3, 0.4) is 0 Å². The summed E-state index contributed by atoms with van der Waals surface area (Å²) < 4.78 is 28.7. The minimum absolute atomic E-state index is 0.0712. The van der Waals surface area contributed by atoms with Crippen LogP contribution in [0.25, 0.3) is 11.3 Å². The summed E-state index contributed by atoms with van der Waals surface area (Å²) in [7, 11) is -2.88. The summed E-state index contributed by atoms with van der Waals surface area (Å²) in [6.45, 7) is 3.39. The molecule has 0 amide bonds. The summed E-state index contributed by atoms with van der Waals surface area (Å²) in [5.41, 5.74) is 1.65. The van der Waals surface area contributed by atoms with E-state index in [9.17, 15) is 8.42 Å². The second kappa shape index (κ2) is 6.18. The van der Waals surface area contributed by atoms with Crippen molar-refractivity contribution in [2.75, 3.05) is 18.1 Å². The average Bonchev–Trinajstić information content (AvgIpc) is 3.12. The van der Waals surface area contributed by atoms with E-state index in [1.54, 1.807) is 12.4 Å². The number of nitrogens with zero attached hydrogens (tertiary/aromatic N) is 3. The lowest BCUT2D eigenvalue weighted by molar-refractivity contribution is 0.190. The highest BCUT2D eigenvalue weighted by atomic mass is 32.2. The van der Waals surface area contributed by atoms with Crippen molar-refractivity contribution < 1.29 is 12.9 Å². The SMILES string of the molecule is CCN(Cc1cc(-c2cccnc2)no1)[C@@H]1CCS(=O)(=O)C1. The Hall–Kier alpha value is -1.73. The van der Waals surface area contributed by atoms with E-state index in [0.717, 1.165) is 23.6 Å². The first-order valence-corrected chi connectivity index (χ1v) is 9.20. The highest BCUT2D eigenvalue weighted by Crippen LogP contribution is 2.22. The molecule has 0 aromatic carbocycles. The molecule has 1 aliphatic rings. The van der Waals surface area contributed by atoms with Gasteiger partial charge in [-0.2, -0.15) is 0 Å². The van der Waals surface area contributed by atoms with Gasteiger partial charge in [-0.3, -0.25) is 9.88 Å². The maximum atomic E-state index is 11.6. The fourth-order valence-electron chi connectivity index (χ4n) is 2.80. The van der Waals surface area contributed by atoms with E-state index in [4.69, 9.17) is 4.52 Å². The molecule has 2 aromatic rings. The van der Waals surface area contributed by atoms with Gasteiger partial charge in [0.05, 0.1) is 18.1 Å². The summed E-state index contributed by atoms with van der Waals surface area (Å²) in [5, 5.41) is 4.07. The molecule has 7 heteroatoms. The molecule has 1 fully saturated rings. The van der Waals surface area contributed by atoms with Crippen LogP contribution in [0.5, 0.6) is 0 Å². The Morgan fingerprint density at radius 3 is 2.95 bits per heavy atom. The Balaban J connectivity index is 1.71. The zero-order chi connectivity index (χ0) is 15.6. The Kier molecular flexibility index (Phi) is 4.26. The number of sulfone groups is 1. The van der Waals surface area contributed by atoms with Crippen LogP contribution >= 0.6 is 0 Å². The van der Waals surface area contributed by atoms with Crippen LogP contribution in [0.15, 0.2) is 35.1 Å². The molecule has 1 aliphatic heterocycles. The molecule has 0 N–H and O–H groups in total. The second-order valence-electron chi connectivity index (χ2n) is 5.54. The molecular formula is C15H19N3O3S. The van der Waals surface area contributed by atoms with Crippen molar-refractivity contribution >= 4 is 9.84 Å². The minimum atomic E-state index is -2.88. The molecule has 0 saturated carbocycles. The summed E-state index contributed by atoms with van der Waals surface area (Å²) in [5.74, 6) is 1.26. The smallest absolute Gasteiger partial charge is 0.151 e. The number of hydrogen-bond donors (Lipinski definition) is 0. The Morgan fingerprint density at radius 1 is 1.45 bits per heavy atom. The van der Waals surface area contributed by atoms with Gasteiger partial charge >= 0.3 is 0 Å². The van der Waals surface area contributed by atoms with E-state index in [1.165, 1.54) is 0 Å². The summed E-state index contributed by atoms with van der Waals surface area (Å²) in [6, 6.07) is 5.74. The Morgan fingerprint density at radius 2 is 2.32 bits per heavy atom. The molecule has 0 spiro atoms. The van der Waals surface area contributed by atoms with Gasteiger partial charge < -0.3 is 4.52 Å². The monoisotopic (exact) mass is 321 g/mol. The summed E-state index contributed by atoms with van der Waals surface area (Å²) in [6.07, 6.45) is 4.15. The minimum Gasteiger partial charge on any atom is -0.359 e. The molecule has 2 aromatic heterocycles. The molecule has 6 nitrogen and oxygen atoms in total. The van der Waals surface area contributed by atoms with Crippen molar-refractivity contribution in [1.29, 1.82) is 0 Å². The first-order chi connectivity index (χ1) is 10.6. The zero-order valence-corrected chi connectivity index (χ0v) is 13.3. The lowest BCUT2D eigenvalue weighted by Crippen LogP contribution is -2.35. The summed E-state index contributed by atoms with van der Waals surface area (Å²) >= 11 is 0. The van der Waals surface area contributed by atoms with Gasteiger partial charge in [-0.25, -0.2) is 8.42 Å². The van der Waals surface area contributed by atoms with Crippen LogP contribution in [0.2, 0.25) is 0 Å². The predicted molar refractivity (Wildman–Crippen MR) is 82.9 cm³/mol. The first kappa shape index (κ1) is 15.2. The van der Waals surface area contributed by atoms with E-state index in [0.29, 0.717) is 13.0 Å². The van der Waals surface area contributed by atoms with E-state index < -0.39 is 9.84 Å². The van der Waals surface area contributed by atoms with Gasteiger partial charge in [0.1, 0.15) is 5.69 Å².